The quantitative estimate of drug-likeness (QED) is 0.439. The molecule has 0 spiro atoms. The first kappa shape index (κ1) is 18.0. The Labute approximate surface area is 154 Å². The highest BCUT2D eigenvalue weighted by Crippen LogP contribution is 2.41. The number of phenolic OH excluding ortho intramolecular Hbond substituents is 1. The Morgan fingerprint density at radius 1 is 1.35 bits per heavy atom. The molecule has 0 aliphatic carbocycles. The Morgan fingerprint density at radius 2 is 2.08 bits per heavy atom. The van der Waals surface area contributed by atoms with Crippen LogP contribution in [0.2, 0.25) is 0 Å². The zero-order valence-corrected chi connectivity index (χ0v) is 15.4. The van der Waals surface area contributed by atoms with Crippen molar-refractivity contribution in [3.05, 3.63) is 60.3 Å². The number of phenols is 1. The lowest BCUT2D eigenvalue weighted by Gasteiger charge is -2.14. The minimum absolute atomic E-state index is 0.0391. The van der Waals surface area contributed by atoms with Crippen molar-refractivity contribution in [2.24, 2.45) is 0 Å². The van der Waals surface area contributed by atoms with Crippen LogP contribution in [0.15, 0.2) is 70.3 Å². The molecule has 7 nitrogen and oxygen atoms in total. The molecule has 3 aromatic rings. The van der Waals surface area contributed by atoms with Gasteiger partial charge in [-0.25, -0.2) is 13.4 Å². The van der Waals surface area contributed by atoms with Crippen LogP contribution in [0.3, 0.4) is 0 Å². The van der Waals surface area contributed by atoms with Gasteiger partial charge in [-0.2, -0.15) is 5.10 Å². The van der Waals surface area contributed by atoms with Crippen molar-refractivity contribution >= 4 is 38.2 Å². The predicted molar refractivity (Wildman–Crippen MR) is 103 cm³/mol. The predicted octanol–water partition coefficient (Wildman–Crippen LogP) is 3.65. The first-order valence-electron chi connectivity index (χ1n) is 7.54. The van der Waals surface area contributed by atoms with Crippen molar-refractivity contribution in [3.63, 3.8) is 0 Å². The number of aromatic nitrogens is 3. The number of sulfonamides is 1. The van der Waals surface area contributed by atoms with Gasteiger partial charge in [0.15, 0.2) is 5.16 Å². The summed E-state index contributed by atoms with van der Waals surface area (Å²) in [7, 11) is -3.82. The third-order valence-electron chi connectivity index (χ3n) is 3.52. The van der Waals surface area contributed by atoms with Crippen LogP contribution in [0.25, 0.3) is 10.8 Å². The normalized spacial score (nSPS) is 11.9. The zero-order chi connectivity index (χ0) is 18.7. The molecule has 2 aromatic carbocycles. The van der Waals surface area contributed by atoms with Crippen molar-refractivity contribution in [2.45, 2.75) is 17.0 Å². The van der Waals surface area contributed by atoms with Crippen molar-refractivity contribution in [1.82, 2.24) is 15.2 Å². The fraction of sp³-hybridized carbons (Fsp3) is 0.0588. The minimum Gasteiger partial charge on any atom is -0.506 e. The highest BCUT2D eigenvalue weighted by atomic mass is 32.2. The summed E-state index contributed by atoms with van der Waals surface area (Å²) in [5.41, 5.74) is 0.339. The van der Waals surface area contributed by atoms with Gasteiger partial charge in [0, 0.05) is 10.8 Å². The highest BCUT2D eigenvalue weighted by Gasteiger charge is 2.18. The van der Waals surface area contributed by atoms with Crippen LogP contribution in [0.5, 0.6) is 5.75 Å². The first-order chi connectivity index (χ1) is 12.4. The van der Waals surface area contributed by atoms with E-state index in [9.17, 15) is 13.5 Å². The molecule has 0 saturated carbocycles. The zero-order valence-electron chi connectivity index (χ0n) is 13.8. The number of rotatable bonds is 6. The van der Waals surface area contributed by atoms with Gasteiger partial charge in [-0.3, -0.25) is 9.82 Å². The van der Waals surface area contributed by atoms with Gasteiger partial charge in [0.05, 0.1) is 15.5 Å². The lowest BCUT2D eigenvalue weighted by atomic mass is 10.1. The van der Waals surface area contributed by atoms with Crippen LogP contribution in [-0.4, -0.2) is 28.7 Å². The second-order valence-electron chi connectivity index (χ2n) is 5.28. The van der Waals surface area contributed by atoms with E-state index in [1.165, 1.54) is 12.4 Å². The Balaban J connectivity index is 2.12. The number of H-pyrrole nitrogens is 1. The SMILES string of the molecule is C=C(/C=C\C)S(=O)(=O)Nc1cc(Sc2ncn[nH]2)c(O)c2ccccc12. The number of fused-ring (bicyclic) bond motifs is 1. The van der Waals surface area contributed by atoms with Crippen LogP contribution in [-0.2, 0) is 10.0 Å². The van der Waals surface area contributed by atoms with Crippen LogP contribution < -0.4 is 4.72 Å². The number of hydrogen-bond donors (Lipinski definition) is 3. The van der Waals surface area contributed by atoms with Gasteiger partial charge in [0.1, 0.15) is 12.1 Å². The van der Waals surface area contributed by atoms with E-state index >= 15 is 0 Å². The van der Waals surface area contributed by atoms with Gasteiger partial charge in [0.25, 0.3) is 10.0 Å². The van der Waals surface area contributed by atoms with Crippen LogP contribution >= 0.6 is 11.8 Å². The van der Waals surface area contributed by atoms with E-state index in [1.54, 1.807) is 43.3 Å². The topological polar surface area (TPSA) is 108 Å². The number of aromatic hydroxyl groups is 1. The van der Waals surface area contributed by atoms with Gasteiger partial charge in [-0.15, -0.1) is 0 Å². The molecule has 1 heterocycles. The number of aromatic amines is 1. The Morgan fingerprint density at radius 3 is 2.73 bits per heavy atom. The molecule has 0 fully saturated rings. The number of anilines is 1. The summed E-state index contributed by atoms with van der Waals surface area (Å²) in [5.74, 6) is 0.0391. The molecule has 3 N–H and O–H groups in total. The monoisotopic (exact) mass is 388 g/mol. The molecule has 0 saturated heterocycles. The Hall–Kier alpha value is -2.78. The van der Waals surface area contributed by atoms with Crippen LogP contribution in [0.1, 0.15) is 6.92 Å². The second kappa shape index (κ2) is 7.22. The number of allylic oxidation sites excluding steroid dienone is 2. The molecule has 9 heteroatoms. The van der Waals surface area contributed by atoms with E-state index in [-0.39, 0.29) is 10.7 Å². The van der Waals surface area contributed by atoms with Gasteiger partial charge in [0.2, 0.25) is 0 Å². The average Bonchev–Trinajstić information content (AvgIpc) is 3.12. The van der Waals surface area contributed by atoms with Crippen molar-refractivity contribution < 1.29 is 13.5 Å². The Kier molecular flexibility index (Phi) is 5.01. The van der Waals surface area contributed by atoms with Gasteiger partial charge >= 0.3 is 0 Å². The van der Waals surface area contributed by atoms with E-state index < -0.39 is 10.0 Å². The molecule has 0 unspecified atom stereocenters. The number of nitrogens with one attached hydrogen (secondary N) is 2. The Bertz CT molecular complexity index is 1090. The summed E-state index contributed by atoms with van der Waals surface area (Å²) < 4.78 is 27.5. The van der Waals surface area contributed by atoms with Crippen LogP contribution in [0.4, 0.5) is 5.69 Å². The molecule has 3 rings (SSSR count). The molecule has 1 aromatic heterocycles. The highest BCUT2D eigenvalue weighted by molar-refractivity contribution is 7.99. The molecule has 0 radical (unpaired) electrons. The summed E-state index contributed by atoms with van der Waals surface area (Å²) in [6.45, 7) is 5.29. The third kappa shape index (κ3) is 3.58. The van der Waals surface area contributed by atoms with E-state index in [0.717, 1.165) is 11.8 Å². The lowest BCUT2D eigenvalue weighted by molar-refractivity contribution is 0.469. The fourth-order valence-corrected chi connectivity index (χ4v) is 4.02. The van der Waals surface area contributed by atoms with Crippen LogP contribution in [0, 0.1) is 0 Å². The molecule has 26 heavy (non-hydrogen) atoms. The maximum atomic E-state index is 12.5. The smallest absolute Gasteiger partial charge is 0.261 e. The summed E-state index contributed by atoms with van der Waals surface area (Å²) in [5, 5.41) is 18.6. The van der Waals surface area contributed by atoms with Crippen molar-refractivity contribution in [2.75, 3.05) is 4.72 Å². The molecule has 134 valence electrons. The van der Waals surface area contributed by atoms with E-state index in [0.29, 0.717) is 26.5 Å². The summed E-state index contributed by atoms with van der Waals surface area (Å²) in [6, 6.07) is 8.54. The molecular formula is C17H16N4O3S2. The van der Waals surface area contributed by atoms with E-state index in [4.69, 9.17) is 0 Å². The maximum Gasteiger partial charge on any atom is 0.261 e. The van der Waals surface area contributed by atoms with Gasteiger partial charge in [-0.05, 0) is 30.8 Å². The average molecular weight is 388 g/mol. The fourth-order valence-electron chi connectivity index (χ4n) is 2.33. The standard InChI is InChI=1S/C17H16N4O3S2/c1-3-6-11(2)26(23,24)21-14-9-15(25-17-18-10-19-20-17)16(22)13-8-5-4-7-12(13)14/h3-10,21-22H,2H2,1H3,(H,18,19,20)/b6-3-. The first-order valence-corrected chi connectivity index (χ1v) is 9.84. The molecule has 0 amide bonds. The van der Waals surface area contributed by atoms with Gasteiger partial charge < -0.3 is 5.11 Å². The molecule has 0 aliphatic rings. The second-order valence-corrected chi connectivity index (χ2v) is 8.05. The third-order valence-corrected chi connectivity index (χ3v) is 5.76. The van der Waals surface area contributed by atoms with Crippen molar-refractivity contribution in [3.8, 4) is 5.75 Å². The summed E-state index contributed by atoms with van der Waals surface area (Å²) >= 11 is 1.14. The molecule has 0 aliphatic heterocycles. The maximum absolute atomic E-state index is 12.5. The minimum atomic E-state index is -3.82. The van der Waals surface area contributed by atoms with E-state index in [2.05, 4.69) is 26.5 Å². The number of hydrogen-bond acceptors (Lipinski definition) is 6. The number of nitrogens with zero attached hydrogens (tertiary/aromatic N) is 2. The summed E-state index contributed by atoms with van der Waals surface area (Å²) in [4.78, 5) is 4.40. The number of benzene rings is 2. The largest absolute Gasteiger partial charge is 0.506 e. The van der Waals surface area contributed by atoms with Gasteiger partial charge in [-0.1, -0.05) is 36.9 Å². The molecule has 0 atom stereocenters. The lowest BCUT2D eigenvalue weighted by Crippen LogP contribution is -2.13. The van der Waals surface area contributed by atoms with Crippen molar-refractivity contribution in [1.29, 1.82) is 0 Å². The molecule has 0 bridgehead atoms. The molecular weight excluding hydrogens is 372 g/mol. The summed E-state index contributed by atoms with van der Waals surface area (Å²) in [6.07, 6.45) is 4.36. The van der Waals surface area contributed by atoms with E-state index in [1.807, 2.05) is 0 Å².